The molecule has 0 aliphatic rings. The van der Waals surface area contributed by atoms with Gasteiger partial charge in [-0.25, -0.2) is 0 Å². The number of aliphatic hydroxyl groups excluding tert-OH is 1. The molecule has 0 fully saturated rings. The number of aliphatic hydroxyl groups is 1. The molecular weight excluding hydrogens is 116 g/mol. The third-order valence-corrected chi connectivity index (χ3v) is 1.000. The lowest BCUT2D eigenvalue weighted by Crippen LogP contribution is -1.58. The Morgan fingerprint density at radius 1 is 1.56 bits per heavy atom. The predicted molar refractivity (Wildman–Crippen MR) is 35.1 cm³/mol. The highest BCUT2D eigenvalue weighted by Gasteiger charge is 1.90. The molecule has 0 unspecified atom stereocenters. The van der Waals surface area contributed by atoms with Gasteiger partial charge in [-0.15, -0.1) is 0 Å². The average Bonchev–Trinajstić information content (AvgIpc) is 2.17. The molecule has 0 saturated heterocycles. The maximum atomic E-state index is 8.29. The molecule has 0 saturated carbocycles. The molecule has 1 aromatic rings. The first kappa shape index (κ1) is 5.95. The van der Waals surface area contributed by atoms with Crippen LogP contribution in [0.5, 0.6) is 0 Å². The van der Waals surface area contributed by atoms with E-state index >= 15 is 0 Å². The Kier molecular flexibility index (Phi) is 1.58. The van der Waals surface area contributed by atoms with Gasteiger partial charge in [-0.3, -0.25) is 0 Å². The van der Waals surface area contributed by atoms with Crippen LogP contribution >= 0.6 is 0 Å². The normalized spacial score (nSPS) is 10.8. The molecular formula is C7H8O2. The molecule has 48 valence electrons. The van der Waals surface area contributed by atoms with E-state index in [1.165, 1.54) is 6.08 Å². The van der Waals surface area contributed by atoms with Gasteiger partial charge in [0.2, 0.25) is 0 Å². The van der Waals surface area contributed by atoms with Crippen LogP contribution in [0.15, 0.2) is 22.8 Å². The van der Waals surface area contributed by atoms with Crippen LogP contribution in [-0.4, -0.2) is 5.11 Å². The molecule has 0 aliphatic carbocycles. The quantitative estimate of drug-likeness (QED) is 0.581. The van der Waals surface area contributed by atoms with Crippen LogP contribution in [0, 0.1) is 6.92 Å². The van der Waals surface area contributed by atoms with Crippen LogP contribution in [0.3, 0.4) is 0 Å². The fourth-order valence-electron chi connectivity index (χ4n) is 0.616. The van der Waals surface area contributed by atoms with Crippen LogP contribution in [0.4, 0.5) is 0 Å². The second-order valence-electron chi connectivity index (χ2n) is 1.76. The molecule has 0 aliphatic heterocycles. The van der Waals surface area contributed by atoms with Gasteiger partial charge in [0.25, 0.3) is 0 Å². The highest BCUT2D eigenvalue weighted by atomic mass is 16.3. The topological polar surface area (TPSA) is 33.4 Å². The van der Waals surface area contributed by atoms with E-state index in [-0.39, 0.29) is 0 Å². The molecule has 2 nitrogen and oxygen atoms in total. The Bertz CT molecular complexity index is 210. The number of rotatable bonds is 1. The molecule has 1 N–H and O–H groups in total. The van der Waals surface area contributed by atoms with Gasteiger partial charge in [-0.2, -0.15) is 0 Å². The van der Waals surface area contributed by atoms with E-state index in [2.05, 4.69) is 0 Å². The molecule has 9 heavy (non-hydrogen) atoms. The monoisotopic (exact) mass is 124 g/mol. The molecule has 0 aromatic carbocycles. The SMILES string of the molecule is Cc1ccc(/C=C/O)o1. The molecule has 0 amide bonds. The summed E-state index contributed by atoms with van der Waals surface area (Å²) in [5, 5.41) is 8.29. The van der Waals surface area contributed by atoms with Crippen LogP contribution < -0.4 is 0 Å². The van der Waals surface area contributed by atoms with Gasteiger partial charge in [0.15, 0.2) is 0 Å². The van der Waals surface area contributed by atoms with Crippen molar-refractivity contribution in [2.24, 2.45) is 0 Å². The summed E-state index contributed by atoms with van der Waals surface area (Å²) in [4.78, 5) is 0. The van der Waals surface area contributed by atoms with Crippen LogP contribution in [0.1, 0.15) is 11.5 Å². The molecule has 0 spiro atoms. The molecule has 1 aromatic heterocycles. The van der Waals surface area contributed by atoms with E-state index < -0.39 is 0 Å². The Morgan fingerprint density at radius 2 is 2.33 bits per heavy atom. The fraction of sp³-hybridized carbons (Fsp3) is 0.143. The smallest absolute Gasteiger partial charge is 0.130 e. The van der Waals surface area contributed by atoms with Crippen molar-refractivity contribution < 1.29 is 9.52 Å². The maximum Gasteiger partial charge on any atom is 0.130 e. The van der Waals surface area contributed by atoms with E-state index in [4.69, 9.17) is 9.52 Å². The minimum absolute atomic E-state index is 0.676. The van der Waals surface area contributed by atoms with Gasteiger partial charge in [0.05, 0.1) is 6.26 Å². The number of furan rings is 1. The highest BCUT2D eigenvalue weighted by molar-refractivity contribution is 5.40. The second-order valence-corrected chi connectivity index (χ2v) is 1.76. The zero-order chi connectivity index (χ0) is 6.69. The summed E-state index contributed by atoms with van der Waals surface area (Å²) in [5.74, 6) is 1.53. The zero-order valence-corrected chi connectivity index (χ0v) is 5.16. The van der Waals surface area contributed by atoms with Gasteiger partial charge in [-0.1, -0.05) is 0 Å². The molecule has 1 rings (SSSR count). The Labute approximate surface area is 53.4 Å². The van der Waals surface area contributed by atoms with Gasteiger partial charge in [0, 0.05) is 6.08 Å². The summed E-state index contributed by atoms with van der Waals surface area (Å²) in [6.45, 7) is 1.86. The number of aryl methyl sites for hydroxylation is 1. The standard InChI is InChI=1S/C7H8O2/c1-6-2-3-7(9-6)4-5-8/h2-5,8H,1H3/b5-4+. The summed E-state index contributed by atoms with van der Waals surface area (Å²) in [7, 11) is 0. The fourth-order valence-corrected chi connectivity index (χ4v) is 0.616. The zero-order valence-electron chi connectivity index (χ0n) is 5.16. The summed E-state index contributed by atoms with van der Waals surface area (Å²) >= 11 is 0. The molecule has 0 bridgehead atoms. The first-order chi connectivity index (χ1) is 4.33. The molecule has 0 radical (unpaired) electrons. The van der Waals surface area contributed by atoms with E-state index in [1.807, 2.05) is 13.0 Å². The lowest BCUT2D eigenvalue weighted by molar-refractivity contribution is 0.473. The second kappa shape index (κ2) is 2.40. The van der Waals surface area contributed by atoms with Gasteiger partial charge < -0.3 is 9.52 Å². The van der Waals surface area contributed by atoms with Gasteiger partial charge in [0.1, 0.15) is 11.5 Å². The maximum absolute atomic E-state index is 8.29. The molecule has 0 atom stereocenters. The van der Waals surface area contributed by atoms with Crippen molar-refractivity contribution in [2.45, 2.75) is 6.92 Å². The largest absolute Gasteiger partial charge is 0.515 e. The van der Waals surface area contributed by atoms with Crippen molar-refractivity contribution in [3.8, 4) is 0 Å². The summed E-state index contributed by atoms with van der Waals surface area (Å²) < 4.78 is 5.08. The van der Waals surface area contributed by atoms with Crippen molar-refractivity contribution in [3.05, 3.63) is 29.9 Å². The van der Waals surface area contributed by atoms with Crippen LogP contribution in [0.25, 0.3) is 6.08 Å². The first-order valence-corrected chi connectivity index (χ1v) is 2.70. The van der Waals surface area contributed by atoms with E-state index in [0.29, 0.717) is 5.76 Å². The third-order valence-electron chi connectivity index (χ3n) is 1.000. The van der Waals surface area contributed by atoms with Crippen LogP contribution in [0.2, 0.25) is 0 Å². The summed E-state index contributed by atoms with van der Waals surface area (Å²) in [6, 6.07) is 3.64. The number of hydrogen-bond acceptors (Lipinski definition) is 2. The minimum atomic E-state index is 0.676. The van der Waals surface area contributed by atoms with Crippen molar-refractivity contribution in [1.29, 1.82) is 0 Å². The van der Waals surface area contributed by atoms with Crippen molar-refractivity contribution >= 4 is 6.08 Å². The van der Waals surface area contributed by atoms with Gasteiger partial charge >= 0.3 is 0 Å². The average molecular weight is 124 g/mol. The molecule has 2 heteroatoms. The summed E-state index contributed by atoms with van der Waals surface area (Å²) in [6.07, 6.45) is 2.45. The number of hydrogen-bond donors (Lipinski definition) is 1. The van der Waals surface area contributed by atoms with E-state index in [9.17, 15) is 0 Å². The lowest BCUT2D eigenvalue weighted by atomic mass is 10.4. The Hall–Kier alpha value is -1.18. The molecule has 1 heterocycles. The Morgan fingerprint density at radius 3 is 2.78 bits per heavy atom. The van der Waals surface area contributed by atoms with Crippen molar-refractivity contribution in [3.63, 3.8) is 0 Å². The minimum Gasteiger partial charge on any atom is -0.515 e. The third kappa shape index (κ3) is 1.35. The van der Waals surface area contributed by atoms with Gasteiger partial charge in [-0.05, 0) is 19.1 Å². The van der Waals surface area contributed by atoms with Crippen LogP contribution in [-0.2, 0) is 0 Å². The van der Waals surface area contributed by atoms with E-state index in [0.717, 1.165) is 12.0 Å². The highest BCUT2D eigenvalue weighted by Crippen LogP contribution is 2.06. The lowest BCUT2D eigenvalue weighted by Gasteiger charge is -1.80. The Balaban J connectivity index is 2.85. The first-order valence-electron chi connectivity index (χ1n) is 2.70. The van der Waals surface area contributed by atoms with E-state index in [1.54, 1.807) is 6.07 Å². The summed E-state index contributed by atoms with van der Waals surface area (Å²) in [5.41, 5.74) is 0. The van der Waals surface area contributed by atoms with Crippen molar-refractivity contribution in [2.75, 3.05) is 0 Å². The predicted octanol–water partition coefficient (Wildman–Crippen LogP) is 2.12. The van der Waals surface area contributed by atoms with Crippen molar-refractivity contribution in [1.82, 2.24) is 0 Å².